The molecule has 146 valence electrons. The zero-order chi connectivity index (χ0) is 18.3. The third-order valence-corrected chi connectivity index (χ3v) is 5.20. The molecule has 0 heterocycles. The molecule has 1 N–H and O–H groups in total. The Labute approximate surface area is 148 Å². The number of rotatable bonds is 17. The van der Waals surface area contributed by atoms with Crippen molar-refractivity contribution in [3.63, 3.8) is 0 Å². The first kappa shape index (κ1) is 23.8. The van der Waals surface area contributed by atoms with Crippen LogP contribution >= 0.6 is 0 Å². The molecule has 0 atom stereocenters. The average molecular weight is 369 g/mol. The fourth-order valence-electron chi connectivity index (χ4n) is 2.89. The van der Waals surface area contributed by atoms with Gasteiger partial charge in [0.2, 0.25) is 0 Å². The first-order valence-electron chi connectivity index (χ1n) is 9.26. The molecule has 0 amide bonds. The topological polar surface area (TPSA) is 72.8 Å². The molecule has 0 aromatic rings. The van der Waals surface area contributed by atoms with Crippen molar-refractivity contribution in [2.45, 2.75) is 52.4 Å². The van der Waals surface area contributed by atoms with Gasteiger partial charge in [0.25, 0.3) is 10.1 Å². The van der Waals surface area contributed by atoms with Crippen LogP contribution in [-0.2, 0) is 19.6 Å². The Morgan fingerprint density at radius 2 is 1.42 bits per heavy atom. The van der Waals surface area contributed by atoms with Crippen molar-refractivity contribution >= 4 is 10.1 Å². The lowest BCUT2D eigenvalue weighted by Crippen LogP contribution is -2.52. The van der Waals surface area contributed by atoms with E-state index in [4.69, 9.17) is 14.0 Å². The minimum atomic E-state index is -3.85. The highest BCUT2D eigenvalue weighted by Crippen LogP contribution is 2.15. The van der Waals surface area contributed by atoms with Crippen LogP contribution in [0.4, 0.5) is 0 Å². The summed E-state index contributed by atoms with van der Waals surface area (Å²) in [6, 6.07) is 0. The molecule has 0 fully saturated rings. The number of ether oxygens (including phenoxy) is 2. The Bertz CT molecular complexity index is 378. The second-order valence-corrected chi connectivity index (χ2v) is 8.11. The molecule has 0 saturated heterocycles. The van der Waals surface area contributed by atoms with Gasteiger partial charge in [-0.05, 0) is 25.7 Å². The second kappa shape index (κ2) is 14.0. The van der Waals surface area contributed by atoms with E-state index < -0.39 is 10.1 Å². The molecule has 0 unspecified atom stereocenters. The van der Waals surface area contributed by atoms with Crippen LogP contribution in [0.5, 0.6) is 0 Å². The summed E-state index contributed by atoms with van der Waals surface area (Å²) in [7, 11) is -2.18. The molecule has 0 spiro atoms. The van der Waals surface area contributed by atoms with Crippen molar-refractivity contribution in [2.75, 3.05) is 58.9 Å². The molecule has 0 bridgehead atoms. The molecule has 0 aromatic carbocycles. The maximum atomic E-state index is 10.9. The first-order valence-corrected chi connectivity index (χ1v) is 10.9. The molecular formula is C17H38NO5S+. The van der Waals surface area contributed by atoms with Gasteiger partial charge in [-0.15, -0.1) is 0 Å². The molecule has 24 heavy (non-hydrogen) atoms. The largest absolute Gasteiger partial charge is 0.382 e. The van der Waals surface area contributed by atoms with Crippen molar-refractivity contribution in [3.05, 3.63) is 0 Å². The fourth-order valence-corrected chi connectivity index (χ4v) is 3.46. The summed E-state index contributed by atoms with van der Waals surface area (Å²) in [5, 5.41) is 0. The molecule has 0 aromatic heterocycles. The molecule has 0 saturated carbocycles. The van der Waals surface area contributed by atoms with Crippen LogP contribution in [0.15, 0.2) is 0 Å². The summed E-state index contributed by atoms with van der Waals surface area (Å²) in [4.78, 5) is 0. The highest BCUT2D eigenvalue weighted by molar-refractivity contribution is 7.85. The first-order chi connectivity index (χ1) is 11.4. The predicted molar refractivity (Wildman–Crippen MR) is 97.9 cm³/mol. The minimum Gasteiger partial charge on any atom is -0.382 e. The Kier molecular flexibility index (Phi) is 13.9. The van der Waals surface area contributed by atoms with Crippen molar-refractivity contribution in [2.24, 2.45) is 0 Å². The number of unbranched alkanes of at least 4 members (excludes halogenated alkanes) is 3. The Morgan fingerprint density at radius 3 is 1.92 bits per heavy atom. The minimum absolute atomic E-state index is 0.140. The highest BCUT2D eigenvalue weighted by atomic mass is 32.2. The van der Waals surface area contributed by atoms with Crippen LogP contribution in [-0.4, -0.2) is 76.3 Å². The van der Waals surface area contributed by atoms with E-state index in [2.05, 4.69) is 13.8 Å². The van der Waals surface area contributed by atoms with E-state index in [1.165, 1.54) is 12.8 Å². The van der Waals surface area contributed by atoms with E-state index in [1.807, 2.05) is 0 Å². The Hall–Kier alpha value is -0.210. The Morgan fingerprint density at radius 1 is 0.833 bits per heavy atom. The standard InChI is InChI=1S/C17H37NO5S/c1-4-6-10-18(11-7-5-2,13-14-23-16-15-22-3)12-8-9-17-24(19,20)21/h4-17H2,1-3H3/p+1. The molecule has 7 heteroatoms. The maximum Gasteiger partial charge on any atom is 0.264 e. The quantitative estimate of drug-likeness (QED) is 0.243. The zero-order valence-electron chi connectivity index (χ0n) is 15.8. The van der Waals surface area contributed by atoms with E-state index in [0.717, 1.165) is 49.9 Å². The van der Waals surface area contributed by atoms with Gasteiger partial charge < -0.3 is 14.0 Å². The SMILES string of the molecule is CCCC[N+](CCCC)(CCCCS(=O)(=O)O)CCOCCOC. The third-order valence-electron chi connectivity index (χ3n) is 4.40. The van der Waals surface area contributed by atoms with Crippen LogP contribution in [0.2, 0.25) is 0 Å². The molecule has 6 nitrogen and oxygen atoms in total. The number of hydrogen-bond donors (Lipinski definition) is 1. The summed E-state index contributed by atoms with van der Waals surface area (Å²) in [6.07, 6.45) is 5.97. The van der Waals surface area contributed by atoms with Crippen LogP contribution in [0, 0.1) is 0 Å². The van der Waals surface area contributed by atoms with Gasteiger partial charge in [0, 0.05) is 7.11 Å². The summed E-state index contributed by atoms with van der Waals surface area (Å²) < 4.78 is 42.3. The lowest BCUT2D eigenvalue weighted by atomic mass is 10.1. The normalized spacial score (nSPS) is 12.7. The van der Waals surface area contributed by atoms with Gasteiger partial charge in [-0.2, -0.15) is 8.42 Å². The molecule has 0 aliphatic heterocycles. The van der Waals surface area contributed by atoms with Gasteiger partial charge >= 0.3 is 0 Å². The molecule has 0 aliphatic rings. The van der Waals surface area contributed by atoms with Crippen LogP contribution < -0.4 is 0 Å². The zero-order valence-corrected chi connectivity index (χ0v) is 16.7. The van der Waals surface area contributed by atoms with E-state index in [-0.39, 0.29) is 5.75 Å². The van der Waals surface area contributed by atoms with Crippen molar-refractivity contribution in [3.8, 4) is 0 Å². The smallest absolute Gasteiger partial charge is 0.264 e. The highest BCUT2D eigenvalue weighted by Gasteiger charge is 2.26. The molecule has 0 radical (unpaired) electrons. The van der Waals surface area contributed by atoms with E-state index >= 15 is 0 Å². The number of methoxy groups -OCH3 is 1. The van der Waals surface area contributed by atoms with Gasteiger partial charge in [-0.3, -0.25) is 4.55 Å². The van der Waals surface area contributed by atoms with Crippen LogP contribution in [0.25, 0.3) is 0 Å². The third kappa shape index (κ3) is 13.1. The van der Waals surface area contributed by atoms with Gasteiger partial charge in [-0.25, -0.2) is 0 Å². The lowest BCUT2D eigenvalue weighted by molar-refractivity contribution is -0.929. The fraction of sp³-hybridized carbons (Fsp3) is 1.00. The van der Waals surface area contributed by atoms with E-state index in [1.54, 1.807) is 7.11 Å². The van der Waals surface area contributed by atoms with E-state index in [0.29, 0.717) is 26.2 Å². The Balaban J connectivity index is 4.58. The average Bonchev–Trinajstić information content (AvgIpc) is 2.53. The predicted octanol–water partition coefficient (Wildman–Crippen LogP) is 2.73. The van der Waals surface area contributed by atoms with Crippen molar-refractivity contribution < 1.29 is 26.9 Å². The summed E-state index contributed by atoms with van der Waals surface area (Å²) in [5.74, 6) is -0.140. The van der Waals surface area contributed by atoms with E-state index in [9.17, 15) is 8.42 Å². The lowest BCUT2D eigenvalue weighted by Gasteiger charge is -2.39. The number of quaternary nitrogens is 1. The summed E-state index contributed by atoms with van der Waals surface area (Å²) >= 11 is 0. The van der Waals surface area contributed by atoms with Gasteiger partial charge in [0.15, 0.2) is 0 Å². The number of nitrogens with zero attached hydrogens (tertiary/aromatic N) is 1. The van der Waals surface area contributed by atoms with Gasteiger partial charge in [0.05, 0.1) is 45.2 Å². The van der Waals surface area contributed by atoms with Crippen LogP contribution in [0.3, 0.4) is 0 Å². The van der Waals surface area contributed by atoms with Crippen molar-refractivity contribution in [1.29, 1.82) is 0 Å². The molecule has 0 rings (SSSR count). The summed E-state index contributed by atoms with van der Waals surface area (Å²) in [6.45, 7) is 10.4. The molecular weight excluding hydrogens is 330 g/mol. The maximum absolute atomic E-state index is 10.9. The monoisotopic (exact) mass is 368 g/mol. The second-order valence-electron chi connectivity index (χ2n) is 6.54. The number of hydrogen-bond acceptors (Lipinski definition) is 4. The molecule has 0 aliphatic carbocycles. The van der Waals surface area contributed by atoms with Gasteiger partial charge in [-0.1, -0.05) is 26.7 Å². The van der Waals surface area contributed by atoms with Crippen molar-refractivity contribution in [1.82, 2.24) is 0 Å². The van der Waals surface area contributed by atoms with Gasteiger partial charge in [0.1, 0.15) is 6.54 Å². The summed E-state index contributed by atoms with van der Waals surface area (Å²) in [5.41, 5.74) is 0. The van der Waals surface area contributed by atoms with Crippen LogP contribution in [0.1, 0.15) is 52.4 Å².